The van der Waals surface area contributed by atoms with Gasteiger partial charge in [0.25, 0.3) is 0 Å². The molecule has 4 aromatic rings. The van der Waals surface area contributed by atoms with Crippen molar-refractivity contribution in [2.24, 2.45) is 0 Å². The lowest BCUT2D eigenvalue weighted by molar-refractivity contribution is -0.139. The van der Waals surface area contributed by atoms with E-state index in [2.05, 4.69) is 48.8 Å². The molecule has 0 radical (unpaired) electrons. The molecule has 7 rings (SSSR count). The van der Waals surface area contributed by atoms with Crippen molar-refractivity contribution in [1.29, 1.82) is 0 Å². The third kappa shape index (κ3) is 22.5. The number of nitrogens with one attached hydrogen (secondary N) is 3. The van der Waals surface area contributed by atoms with Gasteiger partial charge in [0.2, 0.25) is 17.7 Å². The zero-order valence-electron chi connectivity index (χ0n) is 45.1. The molecule has 3 fully saturated rings. The van der Waals surface area contributed by atoms with Crippen LogP contribution in [0.1, 0.15) is 113 Å². The fourth-order valence-electron chi connectivity index (χ4n) is 9.60. The molecule has 0 bridgehead atoms. The molecule has 0 unspecified atom stereocenters. The van der Waals surface area contributed by atoms with Crippen LogP contribution in [0, 0.1) is 0 Å². The third-order valence-electron chi connectivity index (χ3n) is 13.5. The molecule has 420 valence electrons. The summed E-state index contributed by atoms with van der Waals surface area (Å²) in [5.41, 5.74) is 3.55. The van der Waals surface area contributed by atoms with Crippen molar-refractivity contribution in [3.63, 3.8) is 0 Å². The van der Waals surface area contributed by atoms with E-state index in [1.807, 2.05) is 54.6 Å². The Bertz CT molecular complexity index is 2270. The first kappa shape index (κ1) is 58.7. The van der Waals surface area contributed by atoms with Gasteiger partial charge in [-0.2, -0.15) is 0 Å². The van der Waals surface area contributed by atoms with E-state index in [9.17, 15) is 28.8 Å². The van der Waals surface area contributed by atoms with Gasteiger partial charge in [-0.15, -0.1) is 0 Å². The van der Waals surface area contributed by atoms with Gasteiger partial charge in [-0.05, 0) is 150 Å². The van der Waals surface area contributed by atoms with Gasteiger partial charge in [0.05, 0.1) is 19.8 Å². The van der Waals surface area contributed by atoms with Crippen LogP contribution >= 0.6 is 0 Å². The van der Waals surface area contributed by atoms with Gasteiger partial charge in [-0.1, -0.05) is 55.7 Å². The van der Waals surface area contributed by atoms with E-state index in [1.54, 1.807) is 0 Å². The minimum absolute atomic E-state index is 0.222. The van der Waals surface area contributed by atoms with Gasteiger partial charge in [0.1, 0.15) is 53.8 Å². The number of esters is 3. The van der Waals surface area contributed by atoms with Gasteiger partial charge in [-0.25, -0.2) is 0 Å². The van der Waals surface area contributed by atoms with Gasteiger partial charge in [-0.3, -0.25) is 43.5 Å². The summed E-state index contributed by atoms with van der Waals surface area (Å²) in [6.45, 7) is 11.0. The fraction of sp³-hybridized carbons (Fsp3) is 0.500. The molecule has 3 amide bonds. The largest absolute Gasteiger partial charge is 0.494 e. The van der Waals surface area contributed by atoms with Gasteiger partial charge in [0.15, 0.2) is 0 Å². The average Bonchev–Trinajstić information content (AvgIpc) is 3.42. The van der Waals surface area contributed by atoms with Crippen LogP contribution in [-0.2, 0) is 48.4 Å². The molecule has 0 atom stereocenters. The zero-order valence-corrected chi connectivity index (χ0v) is 45.1. The Balaban J connectivity index is 0.845. The molecule has 3 aliphatic rings. The summed E-state index contributed by atoms with van der Waals surface area (Å²) >= 11 is 0. The lowest BCUT2D eigenvalue weighted by Crippen LogP contribution is -2.29. The predicted molar refractivity (Wildman–Crippen MR) is 293 cm³/mol. The highest BCUT2D eigenvalue weighted by Crippen LogP contribution is 2.29. The Morgan fingerprint density at radius 1 is 0.359 bits per heavy atom. The molecule has 3 saturated heterocycles. The number of hydrogen-bond donors (Lipinski definition) is 3. The molecule has 4 aromatic carbocycles. The van der Waals surface area contributed by atoms with Crippen LogP contribution in [0.15, 0.2) is 91.0 Å². The van der Waals surface area contributed by atoms with Crippen molar-refractivity contribution in [2.45, 2.75) is 116 Å². The first-order valence-corrected chi connectivity index (χ1v) is 28.0. The number of likely N-dealkylation sites (tertiary alicyclic amines) is 3. The summed E-state index contributed by atoms with van der Waals surface area (Å²) < 4.78 is 34.1. The summed E-state index contributed by atoms with van der Waals surface area (Å²) in [5.74, 6) is -3.05. The monoisotopic (exact) mass is 1070 g/mol. The maximum atomic E-state index is 13.0. The molecule has 0 saturated carbocycles. The second kappa shape index (κ2) is 32.7. The Labute approximate surface area is 458 Å². The van der Waals surface area contributed by atoms with E-state index in [1.165, 1.54) is 92.7 Å². The van der Waals surface area contributed by atoms with Crippen LogP contribution in [0.5, 0.6) is 34.5 Å². The lowest BCUT2D eigenvalue weighted by atomic mass is 10.1. The maximum absolute atomic E-state index is 13.0. The van der Waals surface area contributed by atoms with E-state index in [-0.39, 0.29) is 36.9 Å². The second-order valence-corrected chi connectivity index (χ2v) is 20.2. The molecule has 18 nitrogen and oxygen atoms in total. The van der Waals surface area contributed by atoms with Crippen molar-refractivity contribution in [2.75, 3.05) is 78.7 Å². The minimum Gasteiger partial charge on any atom is -0.494 e. The Morgan fingerprint density at radius 2 is 0.641 bits per heavy atom. The van der Waals surface area contributed by atoms with Crippen LogP contribution in [-0.4, -0.2) is 129 Å². The molecular weight excluding hydrogens is 997 g/mol. The highest BCUT2D eigenvalue weighted by molar-refractivity contribution is 5.96. The highest BCUT2D eigenvalue weighted by Gasteiger charge is 2.20. The van der Waals surface area contributed by atoms with Crippen molar-refractivity contribution in [3.8, 4) is 34.5 Å². The van der Waals surface area contributed by atoms with Crippen molar-refractivity contribution < 1.29 is 57.2 Å². The number of carbonyl (C=O) groups excluding carboxylic acids is 6. The summed E-state index contributed by atoms with van der Waals surface area (Å²) in [6, 6.07) is 27.5. The SMILES string of the molecule is O=C(CC(=O)Oc1cc(OC(=O)CC(=O)NCCCOc2cccc(CN3CCCCC3)c2)cc(OC(=O)CC(=O)NCCCOc2cccc(CN3CCCCC3)c2)c1)NCCCOc1cccc(CN2CCCCC2)c1. The van der Waals surface area contributed by atoms with Crippen LogP contribution in [0.4, 0.5) is 0 Å². The topological polar surface area (TPSA) is 204 Å². The summed E-state index contributed by atoms with van der Waals surface area (Å²) in [6.07, 6.45) is 10.7. The van der Waals surface area contributed by atoms with Crippen LogP contribution in [0.25, 0.3) is 0 Å². The molecular formula is C60H78N6O12. The normalized spacial score (nSPS) is 15.1. The molecule has 3 heterocycles. The van der Waals surface area contributed by atoms with E-state index in [4.69, 9.17) is 28.4 Å². The van der Waals surface area contributed by atoms with Gasteiger partial charge >= 0.3 is 17.9 Å². The van der Waals surface area contributed by atoms with E-state index in [0.717, 1.165) is 76.2 Å². The van der Waals surface area contributed by atoms with Gasteiger partial charge in [0, 0.05) is 57.5 Å². The number of rotatable bonds is 30. The summed E-state index contributed by atoms with van der Waals surface area (Å²) in [4.78, 5) is 84.6. The molecule has 78 heavy (non-hydrogen) atoms. The number of piperidine rings is 3. The van der Waals surface area contributed by atoms with Crippen LogP contribution in [0.3, 0.4) is 0 Å². The molecule has 0 spiro atoms. The Morgan fingerprint density at radius 3 is 0.923 bits per heavy atom. The van der Waals surface area contributed by atoms with Crippen molar-refractivity contribution in [3.05, 3.63) is 108 Å². The molecule has 3 N–H and O–H groups in total. The van der Waals surface area contributed by atoms with Crippen molar-refractivity contribution >= 4 is 35.6 Å². The van der Waals surface area contributed by atoms with Crippen molar-refractivity contribution in [1.82, 2.24) is 30.7 Å². The number of nitrogens with zero attached hydrogens (tertiary/aromatic N) is 3. The maximum Gasteiger partial charge on any atom is 0.320 e. The first-order valence-electron chi connectivity index (χ1n) is 28.0. The molecule has 3 aliphatic heterocycles. The van der Waals surface area contributed by atoms with E-state index >= 15 is 0 Å². The second-order valence-electron chi connectivity index (χ2n) is 20.2. The number of hydrogen-bond acceptors (Lipinski definition) is 15. The lowest BCUT2D eigenvalue weighted by Gasteiger charge is -2.26. The Kier molecular flexibility index (Phi) is 24.6. The number of carbonyl (C=O) groups is 6. The third-order valence-corrected chi connectivity index (χ3v) is 13.5. The zero-order chi connectivity index (χ0) is 54.6. The number of ether oxygens (including phenoxy) is 6. The standard InChI is InChI=1S/C60H78N6O12/c67-55(61-22-13-31-73-49-19-10-16-46(34-49)43-64-25-4-1-5-26-64)40-58(70)76-52-37-53(77-59(71)41-56(68)62-23-14-32-74-50-20-11-17-47(35-50)44-65-27-6-2-7-28-65)39-54(38-52)78-60(72)42-57(69)63-24-15-33-75-51-21-12-18-48(36-51)45-66-29-8-3-9-30-66/h10-12,16-21,34-39H,1-9,13-15,22-33,40-45H2,(H,61,67)(H,62,68)(H,63,69). The van der Waals surface area contributed by atoms with Crippen LogP contribution < -0.4 is 44.4 Å². The average molecular weight is 1080 g/mol. The molecule has 0 aromatic heterocycles. The minimum atomic E-state index is -0.947. The quantitative estimate of drug-likeness (QED) is 0.0203. The number of amides is 3. The highest BCUT2D eigenvalue weighted by atomic mass is 16.6. The smallest absolute Gasteiger partial charge is 0.320 e. The predicted octanol–water partition coefficient (Wildman–Crippen LogP) is 7.29. The first-order chi connectivity index (χ1) is 38.1. The van der Waals surface area contributed by atoms with Crippen LogP contribution in [0.2, 0.25) is 0 Å². The molecule has 0 aliphatic carbocycles. The summed E-state index contributed by atoms with van der Waals surface area (Å²) in [7, 11) is 0. The fourth-order valence-corrected chi connectivity index (χ4v) is 9.60. The summed E-state index contributed by atoms with van der Waals surface area (Å²) in [5, 5.41) is 8.07. The van der Waals surface area contributed by atoms with Gasteiger partial charge < -0.3 is 44.4 Å². The number of benzene rings is 4. The Hall–Kier alpha value is -7.02. The van der Waals surface area contributed by atoms with E-state index < -0.39 is 54.9 Å². The molecule has 18 heteroatoms. The van der Waals surface area contributed by atoms with E-state index in [0.29, 0.717) is 39.1 Å².